The molecular formula is C24H38N6O. The molecular weight excluding hydrogens is 388 g/mol. The van der Waals surface area contributed by atoms with Crippen molar-refractivity contribution in [2.45, 2.75) is 38.6 Å². The molecule has 1 aromatic carbocycles. The number of unbranched alkanes of at least 4 members (excludes halogenated alkanes) is 1. The van der Waals surface area contributed by atoms with Gasteiger partial charge in [-0.15, -0.1) is 0 Å². The second kappa shape index (κ2) is 9.92. The van der Waals surface area contributed by atoms with Gasteiger partial charge in [0.1, 0.15) is 5.75 Å². The van der Waals surface area contributed by atoms with Crippen LogP contribution in [0.5, 0.6) is 5.75 Å². The van der Waals surface area contributed by atoms with Crippen LogP contribution in [0.2, 0.25) is 0 Å². The highest BCUT2D eigenvalue weighted by Crippen LogP contribution is 2.39. The number of ether oxygens (including phenoxy) is 1. The molecule has 170 valence electrons. The van der Waals surface area contributed by atoms with E-state index < -0.39 is 0 Å². The summed E-state index contributed by atoms with van der Waals surface area (Å²) < 4.78 is 7.89. The molecule has 0 bridgehead atoms. The minimum atomic E-state index is 0.695. The Balaban J connectivity index is 1.53. The van der Waals surface area contributed by atoms with E-state index in [9.17, 15) is 0 Å². The monoisotopic (exact) mass is 426 g/mol. The fraction of sp³-hybridized carbons (Fsp3) is 0.625. The Hall–Kier alpha value is -2.25. The minimum Gasteiger partial charge on any atom is -0.491 e. The Kier molecular flexibility index (Phi) is 7.02. The average molecular weight is 427 g/mol. The van der Waals surface area contributed by atoms with Gasteiger partial charge in [-0.25, -0.2) is 0 Å². The van der Waals surface area contributed by atoms with E-state index in [4.69, 9.17) is 10.5 Å². The van der Waals surface area contributed by atoms with Crippen LogP contribution < -0.4 is 15.4 Å². The fourth-order valence-corrected chi connectivity index (χ4v) is 4.75. The fourth-order valence-electron chi connectivity index (χ4n) is 4.75. The van der Waals surface area contributed by atoms with Crippen LogP contribution in [0.4, 0.5) is 11.4 Å². The van der Waals surface area contributed by atoms with Crippen molar-refractivity contribution in [3.8, 4) is 16.9 Å². The van der Waals surface area contributed by atoms with Gasteiger partial charge in [-0.2, -0.15) is 5.10 Å². The molecule has 2 N–H and O–H groups in total. The molecule has 0 amide bonds. The van der Waals surface area contributed by atoms with E-state index in [0.717, 1.165) is 42.8 Å². The maximum absolute atomic E-state index is 6.40. The summed E-state index contributed by atoms with van der Waals surface area (Å²) in [6.07, 6.45) is 8.54. The number of likely N-dealkylation sites (N-methyl/N-ethyl adjacent to an activating group) is 1. The van der Waals surface area contributed by atoms with Gasteiger partial charge < -0.3 is 20.3 Å². The lowest BCUT2D eigenvalue weighted by Gasteiger charge is -2.43. The van der Waals surface area contributed by atoms with E-state index in [1.165, 1.54) is 44.7 Å². The zero-order chi connectivity index (χ0) is 21.8. The number of piperazine rings is 1. The second-order valence-corrected chi connectivity index (χ2v) is 9.07. The summed E-state index contributed by atoms with van der Waals surface area (Å²) in [7, 11) is 4.18. The molecule has 0 saturated carbocycles. The van der Waals surface area contributed by atoms with Gasteiger partial charge in [0.2, 0.25) is 0 Å². The molecule has 31 heavy (non-hydrogen) atoms. The Morgan fingerprint density at radius 3 is 2.45 bits per heavy atom. The number of aromatic nitrogens is 2. The molecule has 7 heteroatoms. The lowest BCUT2D eigenvalue weighted by molar-refractivity contribution is 0.0982. The summed E-state index contributed by atoms with van der Waals surface area (Å²) in [5.74, 6) is 0.803. The molecule has 7 nitrogen and oxygen atoms in total. The molecule has 0 aliphatic carbocycles. The zero-order valence-corrected chi connectivity index (χ0v) is 19.4. The van der Waals surface area contributed by atoms with Crippen LogP contribution in [0.15, 0.2) is 24.5 Å². The predicted molar refractivity (Wildman–Crippen MR) is 128 cm³/mol. The van der Waals surface area contributed by atoms with Crippen LogP contribution in [-0.4, -0.2) is 78.5 Å². The number of anilines is 2. The standard InChI is InChI=1S/C24H38N6O/c1-4-5-14-31-24-16-23(21(15-22(24)25)19-17-26-28(3)18-19)30-8-6-20(7-9-30)29-12-10-27(2)11-13-29/h15-18,20H,4-14,25H2,1-3H3. The molecule has 0 atom stereocenters. The van der Waals surface area contributed by atoms with Crippen molar-refractivity contribution in [1.82, 2.24) is 19.6 Å². The average Bonchev–Trinajstić information content (AvgIpc) is 3.21. The smallest absolute Gasteiger partial charge is 0.144 e. The number of piperidine rings is 1. The molecule has 2 aliphatic rings. The van der Waals surface area contributed by atoms with Crippen LogP contribution in [0, 0.1) is 0 Å². The summed E-state index contributed by atoms with van der Waals surface area (Å²) in [5.41, 5.74) is 10.6. The molecule has 2 fully saturated rings. The molecule has 4 rings (SSSR count). The lowest BCUT2D eigenvalue weighted by atomic mass is 9.98. The number of nitrogens with zero attached hydrogens (tertiary/aromatic N) is 5. The molecule has 2 aromatic rings. The lowest BCUT2D eigenvalue weighted by Crippen LogP contribution is -2.52. The molecule has 0 spiro atoms. The number of benzene rings is 1. The summed E-state index contributed by atoms with van der Waals surface area (Å²) in [4.78, 5) is 7.64. The van der Waals surface area contributed by atoms with E-state index >= 15 is 0 Å². The third kappa shape index (κ3) is 5.15. The third-order valence-corrected chi connectivity index (χ3v) is 6.76. The first-order valence-electron chi connectivity index (χ1n) is 11.8. The number of rotatable bonds is 7. The highest BCUT2D eigenvalue weighted by Gasteiger charge is 2.28. The number of hydrogen-bond donors (Lipinski definition) is 1. The maximum atomic E-state index is 6.40. The van der Waals surface area contributed by atoms with Crippen LogP contribution in [0.25, 0.3) is 11.1 Å². The van der Waals surface area contributed by atoms with Gasteiger partial charge in [-0.1, -0.05) is 13.3 Å². The molecule has 2 aliphatic heterocycles. The third-order valence-electron chi connectivity index (χ3n) is 6.76. The van der Waals surface area contributed by atoms with Gasteiger partial charge in [0.25, 0.3) is 0 Å². The Morgan fingerprint density at radius 1 is 1.06 bits per heavy atom. The van der Waals surface area contributed by atoms with Crippen molar-refractivity contribution in [1.29, 1.82) is 0 Å². The highest BCUT2D eigenvalue weighted by atomic mass is 16.5. The van der Waals surface area contributed by atoms with Crippen LogP contribution in [-0.2, 0) is 7.05 Å². The van der Waals surface area contributed by atoms with E-state index in [1.54, 1.807) is 0 Å². The first-order chi connectivity index (χ1) is 15.0. The topological polar surface area (TPSA) is 62.8 Å². The quantitative estimate of drug-likeness (QED) is 0.542. The minimum absolute atomic E-state index is 0.695. The van der Waals surface area contributed by atoms with Crippen molar-refractivity contribution >= 4 is 11.4 Å². The second-order valence-electron chi connectivity index (χ2n) is 9.07. The van der Waals surface area contributed by atoms with Crippen molar-refractivity contribution in [2.24, 2.45) is 7.05 Å². The number of nitrogen functional groups attached to an aromatic ring is 1. The van der Waals surface area contributed by atoms with Gasteiger partial charge in [0, 0.05) is 81.4 Å². The van der Waals surface area contributed by atoms with Crippen molar-refractivity contribution < 1.29 is 4.74 Å². The maximum Gasteiger partial charge on any atom is 0.144 e. The van der Waals surface area contributed by atoms with Gasteiger partial charge in [0.05, 0.1) is 18.5 Å². The first kappa shape index (κ1) is 22.0. The van der Waals surface area contributed by atoms with Crippen molar-refractivity contribution in [2.75, 3.05) is 63.6 Å². The van der Waals surface area contributed by atoms with Crippen molar-refractivity contribution in [3.05, 3.63) is 24.5 Å². The van der Waals surface area contributed by atoms with E-state index in [2.05, 4.69) is 52.1 Å². The summed E-state index contributed by atoms with van der Waals surface area (Å²) in [6.45, 7) is 9.75. The summed E-state index contributed by atoms with van der Waals surface area (Å²) >= 11 is 0. The normalized spacial score (nSPS) is 19.1. The number of aryl methyl sites for hydroxylation is 1. The number of nitrogens with two attached hydrogens (primary N) is 1. The Labute approximate surface area is 186 Å². The summed E-state index contributed by atoms with van der Waals surface area (Å²) in [5, 5.41) is 4.39. The molecule has 0 unspecified atom stereocenters. The van der Waals surface area contributed by atoms with E-state index in [-0.39, 0.29) is 0 Å². The molecule has 0 radical (unpaired) electrons. The molecule has 1 aromatic heterocycles. The van der Waals surface area contributed by atoms with E-state index in [0.29, 0.717) is 18.3 Å². The van der Waals surface area contributed by atoms with Gasteiger partial charge in [-0.05, 0) is 32.4 Å². The largest absolute Gasteiger partial charge is 0.491 e. The van der Waals surface area contributed by atoms with Gasteiger partial charge in [0.15, 0.2) is 0 Å². The SMILES string of the molecule is CCCCOc1cc(N2CCC(N3CCN(C)CC3)CC2)c(-c2cnn(C)c2)cc1N. The zero-order valence-electron chi connectivity index (χ0n) is 19.4. The van der Waals surface area contributed by atoms with Crippen LogP contribution in [0.3, 0.4) is 0 Å². The summed E-state index contributed by atoms with van der Waals surface area (Å²) in [6, 6.07) is 4.92. The van der Waals surface area contributed by atoms with Crippen molar-refractivity contribution in [3.63, 3.8) is 0 Å². The van der Waals surface area contributed by atoms with Gasteiger partial charge >= 0.3 is 0 Å². The predicted octanol–water partition coefficient (Wildman–Crippen LogP) is 3.06. The molecule has 3 heterocycles. The first-order valence-corrected chi connectivity index (χ1v) is 11.8. The highest BCUT2D eigenvalue weighted by molar-refractivity contribution is 5.83. The Bertz CT molecular complexity index is 850. The van der Waals surface area contributed by atoms with E-state index in [1.807, 2.05) is 17.9 Å². The Morgan fingerprint density at radius 2 is 1.81 bits per heavy atom. The molecule has 2 saturated heterocycles. The van der Waals surface area contributed by atoms with Crippen LogP contribution in [0.1, 0.15) is 32.6 Å². The van der Waals surface area contributed by atoms with Crippen LogP contribution >= 0.6 is 0 Å². The number of hydrogen-bond acceptors (Lipinski definition) is 6. The van der Waals surface area contributed by atoms with Gasteiger partial charge in [-0.3, -0.25) is 9.58 Å².